The number of esters is 1. The summed E-state index contributed by atoms with van der Waals surface area (Å²) >= 11 is 0. The maximum atomic E-state index is 13.2. The number of carboxylic acids is 1. The Hall–Kier alpha value is -4.03. The molecule has 0 heterocycles. The van der Waals surface area contributed by atoms with Crippen LogP contribution in [0, 0.1) is 5.92 Å². The first-order valence-electron chi connectivity index (χ1n) is 11.5. The van der Waals surface area contributed by atoms with Crippen LogP contribution < -0.4 is 0 Å². The van der Waals surface area contributed by atoms with Crippen molar-refractivity contribution in [2.24, 2.45) is 5.92 Å². The van der Waals surface area contributed by atoms with Crippen molar-refractivity contribution >= 4 is 17.7 Å². The highest BCUT2D eigenvalue weighted by Gasteiger charge is 2.53. The molecule has 0 saturated heterocycles. The van der Waals surface area contributed by atoms with Crippen LogP contribution >= 0.6 is 0 Å². The number of rotatable bonds is 8. The molecule has 1 aliphatic rings. The predicted molar refractivity (Wildman–Crippen MR) is 131 cm³/mol. The molecule has 3 atom stereocenters. The molecule has 3 unspecified atom stereocenters. The highest BCUT2D eigenvalue weighted by Crippen LogP contribution is 2.43. The molecule has 6 heteroatoms. The average molecular weight is 471 g/mol. The number of carbonyl (C=O) groups is 3. The van der Waals surface area contributed by atoms with Crippen LogP contribution in [-0.2, 0) is 9.53 Å². The van der Waals surface area contributed by atoms with Crippen molar-refractivity contribution in [1.82, 2.24) is 0 Å². The molecule has 0 amide bonds. The zero-order valence-corrected chi connectivity index (χ0v) is 19.0. The second kappa shape index (κ2) is 10.5. The van der Waals surface area contributed by atoms with Gasteiger partial charge in [0.2, 0.25) is 0 Å². The number of carboxylic acid groups (broad SMARTS) is 1. The molecule has 1 fully saturated rings. The Labute approximate surface area is 203 Å². The minimum absolute atomic E-state index is 0.248. The Balaban J connectivity index is 1.61. The number of benzene rings is 3. The second-order valence-corrected chi connectivity index (χ2v) is 8.65. The van der Waals surface area contributed by atoms with Gasteiger partial charge in [0.1, 0.15) is 0 Å². The number of carbonyl (C=O) groups excluding carboxylic acids is 2. The second-order valence-electron chi connectivity index (χ2n) is 8.65. The van der Waals surface area contributed by atoms with Crippen LogP contribution in [0.5, 0.6) is 0 Å². The summed E-state index contributed by atoms with van der Waals surface area (Å²) in [7, 11) is 0. The van der Waals surface area contributed by atoms with E-state index in [0.29, 0.717) is 12.0 Å². The zero-order chi connectivity index (χ0) is 24.8. The maximum absolute atomic E-state index is 13.2. The van der Waals surface area contributed by atoms with E-state index in [1.165, 1.54) is 6.08 Å². The highest BCUT2D eigenvalue weighted by molar-refractivity contribution is 6.04. The molecule has 2 N–H and O–H groups in total. The SMILES string of the molecule is O=C(O)CC1(OC(=O)c2cccc(-c3ccccc3)c2)C(O)CCC1C=CC(=O)c1ccccc1. The first-order valence-corrected chi connectivity index (χ1v) is 11.5. The average Bonchev–Trinajstić information content (AvgIpc) is 3.17. The van der Waals surface area contributed by atoms with Gasteiger partial charge in [-0.25, -0.2) is 4.79 Å². The lowest BCUT2D eigenvalue weighted by molar-refractivity contribution is -0.150. The summed E-state index contributed by atoms with van der Waals surface area (Å²) < 4.78 is 5.82. The van der Waals surface area contributed by atoms with Crippen LogP contribution in [0.1, 0.15) is 40.0 Å². The van der Waals surface area contributed by atoms with Crippen molar-refractivity contribution in [1.29, 1.82) is 0 Å². The lowest BCUT2D eigenvalue weighted by Gasteiger charge is -2.35. The summed E-state index contributed by atoms with van der Waals surface area (Å²) in [6.45, 7) is 0. The van der Waals surface area contributed by atoms with E-state index in [4.69, 9.17) is 4.74 Å². The van der Waals surface area contributed by atoms with Gasteiger partial charge in [-0.3, -0.25) is 9.59 Å². The molecule has 0 radical (unpaired) electrons. The zero-order valence-electron chi connectivity index (χ0n) is 19.0. The number of aliphatic carboxylic acids is 1. The summed E-state index contributed by atoms with van der Waals surface area (Å²) in [6, 6.07) is 25.0. The lowest BCUT2D eigenvalue weighted by atomic mass is 9.85. The summed E-state index contributed by atoms with van der Waals surface area (Å²) in [5.74, 6) is -2.82. The van der Waals surface area contributed by atoms with Crippen molar-refractivity contribution < 1.29 is 29.3 Å². The van der Waals surface area contributed by atoms with E-state index in [1.54, 1.807) is 54.6 Å². The maximum Gasteiger partial charge on any atom is 0.338 e. The molecule has 4 rings (SSSR count). The van der Waals surface area contributed by atoms with Gasteiger partial charge in [-0.05, 0) is 42.2 Å². The summed E-state index contributed by atoms with van der Waals surface area (Å²) in [6.07, 6.45) is 1.79. The van der Waals surface area contributed by atoms with E-state index in [0.717, 1.165) is 11.1 Å². The minimum atomic E-state index is -1.68. The van der Waals surface area contributed by atoms with Crippen LogP contribution in [0.25, 0.3) is 11.1 Å². The molecular weight excluding hydrogens is 444 g/mol. The summed E-state index contributed by atoms with van der Waals surface area (Å²) in [4.78, 5) is 37.5. The standard InChI is InChI=1S/C29H26O6/c30-25(21-10-5-2-6-11-21)16-14-24-15-17-26(31)29(24,19-27(32)33)35-28(34)23-13-7-12-22(18-23)20-8-3-1-4-9-20/h1-14,16,18,24,26,31H,15,17,19H2,(H,32,33). The molecule has 1 saturated carbocycles. The Bertz CT molecular complexity index is 1230. The number of ether oxygens (including phenoxy) is 1. The first kappa shape index (κ1) is 24.1. The largest absolute Gasteiger partial charge is 0.481 e. The van der Waals surface area contributed by atoms with Gasteiger partial charge in [0, 0.05) is 11.5 Å². The Morgan fingerprint density at radius 2 is 1.49 bits per heavy atom. The smallest absolute Gasteiger partial charge is 0.338 e. The fourth-order valence-electron chi connectivity index (χ4n) is 4.59. The van der Waals surface area contributed by atoms with Gasteiger partial charge >= 0.3 is 11.9 Å². The summed E-state index contributed by atoms with van der Waals surface area (Å²) in [5.41, 5.74) is 0.783. The van der Waals surface area contributed by atoms with Gasteiger partial charge in [0.15, 0.2) is 11.4 Å². The minimum Gasteiger partial charge on any atom is -0.481 e. The molecule has 3 aromatic rings. The molecule has 0 spiro atoms. The van der Waals surface area contributed by atoms with Gasteiger partial charge in [-0.1, -0.05) is 78.9 Å². The lowest BCUT2D eigenvalue weighted by Crippen LogP contribution is -2.48. The van der Waals surface area contributed by atoms with E-state index in [1.807, 2.05) is 36.4 Å². The fourth-order valence-corrected chi connectivity index (χ4v) is 4.59. The Kier molecular flexibility index (Phi) is 7.22. The highest BCUT2D eigenvalue weighted by atomic mass is 16.6. The Morgan fingerprint density at radius 3 is 2.17 bits per heavy atom. The van der Waals surface area contributed by atoms with Crippen LogP contribution in [0.2, 0.25) is 0 Å². The van der Waals surface area contributed by atoms with Crippen molar-refractivity contribution in [3.63, 3.8) is 0 Å². The van der Waals surface area contributed by atoms with Crippen LogP contribution in [0.15, 0.2) is 97.1 Å². The van der Waals surface area contributed by atoms with Crippen molar-refractivity contribution in [2.75, 3.05) is 0 Å². The predicted octanol–water partition coefficient (Wildman–Crippen LogP) is 4.93. The molecule has 6 nitrogen and oxygen atoms in total. The van der Waals surface area contributed by atoms with Gasteiger partial charge in [-0.15, -0.1) is 0 Å². The molecule has 3 aromatic carbocycles. The number of hydrogen-bond acceptors (Lipinski definition) is 5. The van der Waals surface area contributed by atoms with E-state index < -0.39 is 36.0 Å². The first-order chi connectivity index (χ1) is 16.9. The van der Waals surface area contributed by atoms with E-state index in [9.17, 15) is 24.6 Å². The molecular formula is C29H26O6. The van der Waals surface area contributed by atoms with Gasteiger partial charge in [0.25, 0.3) is 0 Å². The van der Waals surface area contributed by atoms with Gasteiger partial charge in [0.05, 0.1) is 18.1 Å². The quantitative estimate of drug-likeness (QED) is 0.275. The molecule has 0 bridgehead atoms. The van der Waals surface area contributed by atoms with E-state index in [2.05, 4.69) is 0 Å². The van der Waals surface area contributed by atoms with Gasteiger partial charge in [-0.2, -0.15) is 0 Å². The monoisotopic (exact) mass is 470 g/mol. The number of ketones is 1. The molecule has 1 aliphatic carbocycles. The number of hydrogen-bond donors (Lipinski definition) is 2. The third kappa shape index (κ3) is 5.39. The van der Waals surface area contributed by atoms with Crippen LogP contribution in [0.4, 0.5) is 0 Å². The van der Waals surface area contributed by atoms with E-state index in [-0.39, 0.29) is 17.8 Å². The van der Waals surface area contributed by atoms with Crippen LogP contribution in [0.3, 0.4) is 0 Å². The van der Waals surface area contributed by atoms with Crippen molar-refractivity contribution in [3.05, 3.63) is 108 Å². The molecule has 0 aromatic heterocycles. The van der Waals surface area contributed by atoms with Gasteiger partial charge < -0.3 is 14.9 Å². The molecule has 0 aliphatic heterocycles. The topological polar surface area (TPSA) is 101 Å². The number of aliphatic hydroxyl groups is 1. The molecule has 35 heavy (non-hydrogen) atoms. The third-order valence-electron chi connectivity index (χ3n) is 6.40. The van der Waals surface area contributed by atoms with Crippen molar-refractivity contribution in [3.8, 4) is 11.1 Å². The van der Waals surface area contributed by atoms with E-state index >= 15 is 0 Å². The van der Waals surface area contributed by atoms with Crippen molar-refractivity contribution in [2.45, 2.75) is 31.0 Å². The summed E-state index contributed by atoms with van der Waals surface area (Å²) in [5, 5.41) is 20.4. The third-order valence-corrected chi connectivity index (χ3v) is 6.40. The number of aliphatic hydroxyl groups excluding tert-OH is 1. The Morgan fingerprint density at radius 1 is 0.857 bits per heavy atom. The fraction of sp³-hybridized carbons (Fsp3) is 0.207. The number of allylic oxidation sites excluding steroid dienone is 1. The van der Waals surface area contributed by atoms with Crippen LogP contribution in [-0.4, -0.2) is 39.6 Å². The molecule has 178 valence electrons. The normalized spacial score (nSPS) is 21.6.